The molecule has 0 spiro atoms. The molecule has 2 heterocycles. The molecule has 108 valence electrons. The molecule has 19 heavy (non-hydrogen) atoms. The van der Waals surface area contributed by atoms with E-state index in [1.165, 1.54) is 0 Å². The number of carboxylic acids is 1. The zero-order chi connectivity index (χ0) is 13.9. The van der Waals surface area contributed by atoms with Crippen LogP contribution >= 0.6 is 11.8 Å². The van der Waals surface area contributed by atoms with Gasteiger partial charge < -0.3 is 15.3 Å². The van der Waals surface area contributed by atoms with Crippen molar-refractivity contribution in [2.45, 2.75) is 32.2 Å². The minimum atomic E-state index is -0.767. The summed E-state index contributed by atoms with van der Waals surface area (Å²) in [6, 6.07) is 0.243. The van der Waals surface area contributed by atoms with Crippen LogP contribution in [0.3, 0.4) is 0 Å². The molecule has 1 amide bonds. The van der Waals surface area contributed by atoms with E-state index in [0.29, 0.717) is 32.4 Å². The first-order valence-electron chi connectivity index (χ1n) is 6.90. The summed E-state index contributed by atoms with van der Waals surface area (Å²) in [5.74, 6) is 1.40. The maximum atomic E-state index is 12.2. The Bertz CT molecular complexity index is 358. The Hall–Kier alpha value is -0.750. The van der Waals surface area contributed by atoms with Gasteiger partial charge >= 0.3 is 5.97 Å². The van der Waals surface area contributed by atoms with E-state index in [-0.39, 0.29) is 11.9 Å². The summed E-state index contributed by atoms with van der Waals surface area (Å²) >= 11 is 1.87. The number of aliphatic carboxylic acids is 1. The first-order valence-corrected chi connectivity index (χ1v) is 8.05. The first kappa shape index (κ1) is 14.7. The summed E-state index contributed by atoms with van der Waals surface area (Å²) < 4.78 is 0. The van der Waals surface area contributed by atoms with E-state index >= 15 is 0 Å². The number of carbonyl (C=O) groups is 2. The SMILES string of the molecule is CCC1(C(=O)O)CCN(C(=O)CC2CSCCN2)C1. The minimum Gasteiger partial charge on any atom is -0.481 e. The maximum Gasteiger partial charge on any atom is 0.311 e. The van der Waals surface area contributed by atoms with Crippen LogP contribution in [0.4, 0.5) is 0 Å². The fourth-order valence-electron chi connectivity index (χ4n) is 2.79. The van der Waals surface area contributed by atoms with Crippen LogP contribution in [0.2, 0.25) is 0 Å². The summed E-state index contributed by atoms with van der Waals surface area (Å²) in [6.07, 6.45) is 1.66. The van der Waals surface area contributed by atoms with Gasteiger partial charge in [0, 0.05) is 43.6 Å². The summed E-state index contributed by atoms with van der Waals surface area (Å²) in [5.41, 5.74) is -0.718. The van der Waals surface area contributed by atoms with E-state index in [1.54, 1.807) is 4.90 Å². The second-order valence-electron chi connectivity index (χ2n) is 5.43. The Morgan fingerprint density at radius 2 is 2.32 bits per heavy atom. The molecule has 2 aliphatic rings. The van der Waals surface area contributed by atoms with E-state index in [4.69, 9.17) is 0 Å². The highest BCUT2D eigenvalue weighted by Crippen LogP contribution is 2.34. The smallest absolute Gasteiger partial charge is 0.311 e. The van der Waals surface area contributed by atoms with E-state index in [2.05, 4.69) is 5.32 Å². The predicted octanol–water partition coefficient (Wildman–Crippen LogP) is 0.795. The van der Waals surface area contributed by atoms with Crippen molar-refractivity contribution in [2.24, 2.45) is 5.41 Å². The van der Waals surface area contributed by atoms with Crippen LogP contribution in [-0.2, 0) is 9.59 Å². The number of hydrogen-bond donors (Lipinski definition) is 2. The molecule has 5 nitrogen and oxygen atoms in total. The van der Waals surface area contributed by atoms with Crippen molar-refractivity contribution < 1.29 is 14.7 Å². The number of nitrogens with one attached hydrogen (secondary N) is 1. The number of amides is 1. The number of carbonyl (C=O) groups excluding carboxylic acids is 1. The lowest BCUT2D eigenvalue weighted by Crippen LogP contribution is -2.43. The Kier molecular flexibility index (Phi) is 4.73. The molecule has 2 unspecified atom stereocenters. The molecule has 0 bridgehead atoms. The highest BCUT2D eigenvalue weighted by atomic mass is 32.2. The van der Waals surface area contributed by atoms with Crippen LogP contribution in [0.5, 0.6) is 0 Å². The van der Waals surface area contributed by atoms with Crippen LogP contribution in [0.25, 0.3) is 0 Å². The zero-order valence-electron chi connectivity index (χ0n) is 11.4. The predicted molar refractivity (Wildman–Crippen MR) is 75.3 cm³/mol. The standard InChI is InChI=1S/C13H22N2O3S/c1-2-13(12(17)18)3-5-15(9-13)11(16)7-10-8-19-6-4-14-10/h10,14H,2-9H2,1H3,(H,17,18). The van der Waals surface area contributed by atoms with Crippen LogP contribution in [0.15, 0.2) is 0 Å². The molecular weight excluding hydrogens is 264 g/mol. The summed E-state index contributed by atoms with van der Waals surface area (Å²) in [7, 11) is 0. The van der Waals surface area contributed by atoms with E-state index in [9.17, 15) is 14.7 Å². The molecule has 0 aromatic rings. The van der Waals surface area contributed by atoms with Crippen molar-refractivity contribution in [2.75, 3.05) is 31.1 Å². The molecule has 2 atom stereocenters. The topological polar surface area (TPSA) is 69.6 Å². The minimum absolute atomic E-state index is 0.0941. The molecule has 6 heteroatoms. The van der Waals surface area contributed by atoms with Gasteiger partial charge in [-0.2, -0.15) is 11.8 Å². The fourth-order valence-corrected chi connectivity index (χ4v) is 3.74. The molecule has 0 aliphatic carbocycles. The van der Waals surface area contributed by atoms with Gasteiger partial charge in [-0.1, -0.05) is 6.92 Å². The van der Waals surface area contributed by atoms with Crippen molar-refractivity contribution in [3.63, 3.8) is 0 Å². The lowest BCUT2D eigenvalue weighted by molar-refractivity contribution is -0.148. The van der Waals surface area contributed by atoms with Crippen molar-refractivity contribution in [1.29, 1.82) is 0 Å². The molecule has 2 saturated heterocycles. The molecule has 2 aliphatic heterocycles. The van der Waals surface area contributed by atoms with Gasteiger partial charge in [-0.25, -0.2) is 0 Å². The van der Waals surface area contributed by atoms with Crippen molar-refractivity contribution >= 4 is 23.6 Å². The lowest BCUT2D eigenvalue weighted by atomic mass is 9.84. The Labute approximate surface area is 118 Å². The molecule has 0 saturated carbocycles. The van der Waals surface area contributed by atoms with E-state index in [0.717, 1.165) is 18.1 Å². The Morgan fingerprint density at radius 1 is 1.53 bits per heavy atom. The van der Waals surface area contributed by atoms with Gasteiger partial charge in [0.2, 0.25) is 5.91 Å². The number of hydrogen-bond acceptors (Lipinski definition) is 4. The Morgan fingerprint density at radius 3 is 2.84 bits per heavy atom. The second kappa shape index (κ2) is 6.13. The van der Waals surface area contributed by atoms with Gasteiger partial charge in [-0.05, 0) is 12.8 Å². The summed E-state index contributed by atoms with van der Waals surface area (Å²) in [5, 5.41) is 12.7. The van der Waals surface area contributed by atoms with Gasteiger partial charge in [0.05, 0.1) is 5.41 Å². The van der Waals surface area contributed by atoms with E-state index in [1.807, 2.05) is 18.7 Å². The van der Waals surface area contributed by atoms with Gasteiger partial charge in [-0.3, -0.25) is 9.59 Å². The van der Waals surface area contributed by atoms with Crippen LogP contribution in [0, 0.1) is 5.41 Å². The average molecular weight is 286 g/mol. The maximum absolute atomic E-state index is 12.2. The normalized spacial score (nSPS) is 31.4. The third-order valence-corrected chi connectivity index (χ3v) is 5.39. The van der Waals surface area contributed by atoms with Gasteiger partial charge in [0.25, 0.3) is 0 Å². The monoisotopic (exact) mass is 286 g/mol. The largest absolute Gasteiger partial charge is 0.481 e. The first-order chi connectivity index (χ1) is 9.07. The highest BCUT2D eigenvalue weighted by Gasteiger charge is 2.44. The summed E-state index contributed by atoms with van der Waals surface area (Å²) in [4.78, 5) is 25.3. The van der Waals surface area contributed by atoms with Crippen LogP contribution < -0.4 is 5.32 Å². The average Bonchev–Trinajstić information content (AvgIpc) is 2.86. The molecular formula is C13H22N2O3S. The van der Waals surface area contributed by atoms with E-state index < -0.39 is 11.4 Å². The van der Waals surface area contributed by atoms with Gasteiger partial charge in [0.1, 0.15) is 0 Å². The number of rotatable bonds is 4. The molecule has 0 aromatic heterocycles. The summed E-state index contributed by atoms with van der Waals surface area (Å²) in [6.45, 7) is 3.80. The molecule has 2 N–H and O–H groups in total. The fraction of sp³-hybridized carbons (Fsp3) is 0.846. The third kappa shape index (κ3) is 3.23. The molecule has 2 rings (SSSR count). The Balaban J connectivity index is 1.89. The van der Waals surface area contributed by atoms with Gasteiger partial charge in [-0.15, -0.1) is 0 Å². The molecule has 0 radical (unpaired) electrons. The third-order valence-electron chi connectivity index (χ3n) is 4.26. The quantitative estimate of drug-likeness (QED) is 0.800. The van der Waals surface area contributed by atoms with Crippen molar-refractivity contribution in [3.8, 4) is 0 Å². The molecule has 2 fully saturated rings. The second-order valence-corrected chi connectivity index (χ2v) is 6.58. The number of carboxylic acid groups (broad SMARTS) is 1. The number of thioether (sulfide) groups is 1. The van der Waals surface area contributed by atoms with Crippen LogP contribution in [-0.4, -0.2) is 59.1 Å². The lowest BCUT2D eigenvalue weighted by Gasteiger charge is -2.26. The number of likely N-dealkylation sites (tertiary alicyclic amines) is 1. The van der Waals surface area contributed by atoms with Gasteiger partial charge in [0.15, 0.2) is 0 Å². The van der Waals surface area contributed by atoms with Crippen molar-refractivity contribution in [1.82, 2.24) is 10.2 Å². The van der Waals surface area contributed by atoms with Crippen molar-refractivity contribution in [3.05, 3.63) is 0 Å². The molecule has 0 aromatic carbocycles. The van der Waals surface area contributed by atoms with Crippen LogP contribution in [0.1, 0.15) is 26.2 Å². The number of nitrogens with zero attached hydrogens (tertiary/aromatic N) is 1. The zero-order valence-corrected chi connectivity index (χ0v) is 12.2. The highest BCUT2D eigenvalue weighted by molar-refractivity contribution is 7.99.